The molecule has 0 bridgehead atoms. The monoisotopic (exact) mass is 327 g/mol. The first-order valence-corrected chi connectivity index (χ1v) is 7.03. The summed E-state index contributed by atoms with van der Waals surface area (Å²) in [4.78, 5) is 24.9. The van der Waals surface area contributed by atoms with Crippen molar-refractivity contribution in [1.29, 1.82) is 0 Å². The number of carbonyl (C=O) groups is 1. The molecule has 1 aromatic carbocycles. The number of carboxylic acids is 1. The molecular weight excluding hydrogens is 318 g/mol. The van der Waals surface area contributed by atoms with E-state index < -0.39 is 10.9 Å². The van der Waals surface area contributed by atoms with Gasteiger partial charge in [0.15, 0.2) is 5.69 Å². The van der Waals surface area contributed by atoms with Gasteiger partial charge in [-0.1, -0.05) is 11.6 Å². The number of nitrogens with zero attached hydrogens (tertiary/aromatic N) is 2. The van der Waals surface area contributed by atoms with Crippen molar-refractivity contribution >= 4 is 40.3 Å². The Balaban J connectivity index is 2.17. The van der Waals surface area contributed by atoms with E-state index in [0.29, 0.717) is 10.7 Å². The quantitative estimate of drug-likeness (QED) is 0.642. The average molecular weight is 328 g/mol. The van der Waals surface area contributed by atoms with E-state index in [1.165, 1.54) is 34.9 Å². The number of anilines is 1. The second kappa shape index (κ2) is 6.06. The summed E-state index contributed by atoms with van der Waals surface area (Å²) in [6.45, 7) is 1.79. The van der Waals surface area contributed by atoms with Gasteiger partial charge in [0.05, 0.1) is 21.7 Å². The number of rotatable bonds is 5. The van der Waals surface area contributed by atoms with Crippen LogP contribution in [0.15, 0.2) is 23.6 Å². The molecular formula is C12H10ClN3O4S. The predicted octanol–water partition coefficient (Wildman–Crippen LogP) is 3.58. The van der Waals surface area contributed by atoms with Crippen molar-refractivity contribution in [1.82, 2.24) is 4.98 Å². The third kappa shape index (κ3) is 3.47. The van der Waals surface area contributed by atoms with E-state index in [4.69, 9.17) is 16.7 Å². The van der Waals surface area contributed by atoms with Gasteiger partial charge in [-0.3, -0.25) is 10.1 Å². The molecule has 21 heavy (non-hydrogen) atoms. The summed E-state index contributed by atoms with van der Waals surface area (Å²) in [6.07, 6.45) is 0. The van der Waals surface area contributed by atoms with Gasteiger partial charge in [0.25, 0.3) is 5.69 Å². The molecule has 1 unspecified atom stereocenters. The van der Waals surface area contributed by atoms with Gasteiger partial charge in [-0.2, -0.15) is 0 Å². The molecule has 7 nitrogen and oxygen atoms in total. The van der Waals surface area contributed by atoms with Crippen LogP contribution in [0.1, 0.15) is 28.5 Å². The smallest absolute Gasteiger partial charge is 0.355 e. The lowest BCUT2D eigenvalue weighted by molar-refractivity contribution is -0.384. The Labute approximate surface area is 128 Å². The van der Waals surface area contributed by atoms with Crippen molar-refractivity contribution in [3.05, 3.63) is 49.4 Å². The van der Waals surface area contributed by atoms with Gasteiger partial charge in [0, 0.05) is 17.5 Å². The second-order valence-corrected chi connectivity index (χ2v) is 5.46. The van der Waals surface area contributed by atoms with Crippen LogP contribution in [0, 0.1) is 10.1 Å². The number of halogens is 1. The van der Waals surface area contributed by atoms with Gasteiger partial charge >= 0.3 is 5.97 Å². The zero-order chi connectivity index (χ0) is 15.6. The Kier molecular flexibility index (Phi) is 4.39. The lowest BCUT2D eigenvalue weighted by Crippen LogP contribution is -2.07. The molecule has 0 saturated heterocycles. The summed E-state index contributed by atoms with van der Waals surface area (Å²) in [6, 6.07) is 3.82. The van der Waals surface area contributed by atoms with Crippen LogP contribution in [-0.4, -0.2) is 21.0 Å². The fourth-order valence-corrected chi connectivity index (χ4v) is 2.64. The Morgan fingerprint density at radius 2 is 2.29 bits per heavy atom. The van der Waals surface area contributed by atoms with Crippen molar-refractivity contribution in [2.75, 3.05) is 5.32 Å². The van der Waals surface area contributed by atoms with Crippen LogP contribution in [0.5, 0.6) is 0 Å². The van der Waals surface area contributed by atoms with Gasteiger partial charge in [0.1, 0.15) is 5.01 Å². The molecule has 1 atom stereocenters. The number of nitrogens with one attached hydrogen (secondary N) is 1. The summed E-state index contributed by atoms with van der Waals surface area (Å²) < 4.78 is 0. The van der Waals surface area contributed by atoms with E-state index in [2.05, 4.69) is 10.3 Å². The van der Waals surface area contributed by atoms with Gasteiger partial charge < -0.3 is 10.4 Å². The third-order valence-electron chi connectivity index (χ3n) is 2.65. The van der Waals surface area contributed by atoms with Crippen LogP contribution in [-0.2, 0) is 0 Å². The number of benzene rings is 1. The minimum atomic E-state index is -1.09. The first-order chi connectivity index (χ1) is 9.88. The molecule has 2 rings (SSSR count). The van der Waals surface area contributed by atoms with Gasteiger partial charge in [-0.25, -0.2) is 9.78 Å². The number of aromatic carboxylic acids is 1. The van der Waals surface area contributed by atoms with E-state index in [9.17, 15) is 14.9 Å². The summed E-state index contributed by atoms with van der Waals surface area (Å²) in [7, 11) is 0. The van der Waals surface area contributed by atoms with Gasteiger partial charge in [0.2, 0.25) is 0 Å². The zero-order valence-electron chi connectivity index (χ0n) is 10.7. The Morgan fingerprint density at radius 1 is 1.57 bits per heavy atom. The second-order valence-electron chi connectivity index (χ2n) is 4.16. The predicted molar refractivity (Wildman–Crippen MR) is 79.2 cm³/mol. The van der Waals surface area contributed by atoms with Crippen LogP contribution in [0.3, 0.4) is 0 Å². The highest BCUT2D eigenvalue weighted by atomic mass is 35.5. The number of carboxylic acid groups (broad SMARTS) is 1. The highest BCUT2D eigenvalue weighted by molar-refractivity contribution is 7.09. The minimum absolute atomic E-state index is 0.0153. The maximum Gasteiger partial charge on any atom is 0.355 e. The summed E-state index contributed by atoms with van der Waals surface area (Å²) >= 11 is 7.20. The number of aromatic nitrogens is 1. The number of hydrogen-bond acceptors (Lipinski definition) is 6. The Hall–Kier alpha value is -2.19. The highest BCUT2D eigenvalue weighted by Crippen LogP contribution is 2.30. The van der Waals surface area contributed by atoms with Crippen molar-refractivity contribution in [2.24, 2.45) is 0 Å². The van der Waals surface area contributed by atoms with E-state index >= 15 is 0 Å². The molecule has 0 fully saturated rings. The molecule has 0 aliphatic carbocycles. The fraction of sp³-hybridized carbons (Fsp3) is 0.167. The maximum absolute atomic E-state index is 10.8. The van der Waals surface area contributed by atoms with Gasteiger partial charge in [-0.15, -0.1) is 11.3 Å². The SMILES string of the molecule is CC(Nc1ccc([N+](=O)[O-])cc1Cl)c1nc(C(=O)O)cs1. The van der Waals surface area contributed by atoms with Crippen LogP contribution in [0.2, 0.25) is 5.02 Å². The lowest BCUT2D eigenvalue weighted by Gasteiger charge is -2.13. The van der Waals surface area contributed by atoms with E-state index in [-0.39, 0.29) is 22.4 Å². The largest absolute Gasteiger partial charge is 0.476 e. The van der Waals surface area contributed by atoms with Crippen LogP contribution < -0.4 is 5.32 Å². The normalized spacial score (nSPS) is 11.9. The third-order valence-corrected chi connectivity index (χ3v) is 3.99. The van der Waals surface area contributed by atoms with Crippen molar-refractivity contribution < 1.29 is 14.8 Å². The molecule has 0 saturated carbocycles. The molecule has 1 heterocycles. The molecule has 0 radical (unpaired) electrons. The summed E-state index contributed by atoms with van der Waals surface area (Å²) in [5, 5.41) is 24.8. The van der Waals surface area contributed by atoms with E-state index in [1.807, 2.05) is 0 Å². The molecule has 110 valence electrons. The molecule has 0 aliphatic heterocycles. The fourth-order valence-electron chi connectivity index (χ4n) is 1.61. The molecule has 0 spiro atoms. The number of hydrogen-bond donors (Lipinski definition) is 2. The zero-order valence-corrected chi connectivity index (χ0v) is 12.3. The Bertz CT molecular complexity index is 704. The number of nitro benzene ring substituents is 1. The summed E-state index contributed by atoms with van der Waals surface area (Å²) in [5.74, 6) is -1.09. The summed E-state index contributed by atoms with van der Waals surface area (Å²) in [5.41, 5.74) is 0.404. The Morgan fingerprint density at radius 3 is 2.81 bits per heavy atom. The molecule has 2 N–H and O–H groups in total. The average Bonchev–Trinajstić information content (AvgIpc) is 2.90. The highest BCUT2D eigenvalue weighted by Gasteiger charge is 2.16. The standard InChI is InChI=1S/C12H10ClN3O4S/c1-6(11-15-10(5-21-11)12(17)18)14-9-3-2-7(16(19)20)4-8(9)13/h2-6,14H,1H3,(H,17,18). The minimum Gasteiger partial charge on any atom is -0.476 e. The molecule has 9 heteroatoms. The number of thiazole rings is 1. The van der Waals surface area contributed by atoms with Crippen molar-refractivity contribution in [2.45, 2.75) is 13.0 Å². The first-order valence-electron chi connectivity index (χ1n) is 5.77. The number of nitro groups is 1. The van der Waals surface area contributed by atoms with Crippen LogP contribution in [0.25, 0.3) is 0 Å². The van der Waals surface area contributed by atoms with Crippen molar-refractivity contribution in [3.63, 3.8) is 0 Å². The molecule has 2 aromatic rings. The molecule has 0 aliphatic rings. The van der Waals surface area contributed by atoms with Gasteiger partial charge in [-0.05, 0) is 13.0 Å². The van der Waals surface area contributed by atoms with E-state index in [0.717, 1.165) is 0 Å². The first kappa shape index (κ1) is 15.2. The topological polar surface area (TPSA) is 105 Å². The van der Waals surface area contributed by atoms with E-state index in [1.54, 1.807) is 6.92 Å². The molecule has 1 aromatic heterocycles. The number of non-ortho nitro benzene ring substituents is 1. The van der Waals surface area contributed by atoms with Crippen LogP contribution in [0.4, 0.5) is 11.4 Å². The van der Waals surface area contributed by atoms with Crippen LogP contribution >= 0.6 is 22.9 Å². The molecule has 0 amide bonds. The van der Waals surface area contributed by atoms with Crippen molar-refractivity contribution in [3.8, 4) is 0 Å². The lowest BCUT2D eigenvalue weighted by atomic mass is 10.2. The maximum atomic E-state index is 10.8.